The van der Waals surface area contributed by atoms with E-state index in [1.165, 1.54) is 4.90 Å². The number of benzene rings is 1. The van der Waals surface area contributed by atoms with E-state index < -0.39 is 0 Å². The van der Waals surface area contributed by atoms with Gasteiger partial charge in [-0.1, -0.05) is 18.2 Å². The molecule has 1 fully saturated rings. The van der Waals surface area contributed by atoms with Crippen LogP contribution < -0.4 is 10.2 Å². The van der Waals surface area contributed by atoms with Crippen LogP contribution in [-0.4, -0.2) is 38.1 Å². The van der Waals surface area contributed by atoms with E-state index in [1.54, 1.807) is 19.2 Å². The second kappa shape index (κ2) is 5.75. The molecule has 0 aromatic heterocycles. The summed E-state index contributed by atoms with van der Waals surface area (Å²) in [7, 11) is 1.62. The van der Waals surface area contributed by atoms with E-state index in [0.29, 0.717) is 18.8 Å². The number of quaternary nitrogens is 1. The number of rotatable bonds is 5. The fourth-order valence-electron chi connectivity index (χ4n) is 2.07. The number of imide groups is 1. The third-order valence-corrected chi connectivity index (χ3v) is 2.97. The predicted octanol–water partition coefficient (Wildman–Crippen LogP) is -0.472. The molecule has 2 rings (SSSR count). The number of amides is 2. The van der Waals surface area contributed by atoms with E-state index in [4.69, 9.17) is 4.74 Å². The topological polar surface area (TPSA) is 63.2 Å². The highest BCUT2D eigenvalue weighted by atomic mass is 16.5. The Morgan fingerprint density at radius 3 is 2.72 bits per heavy atom. The number of carbonyl (C=O) groups excluding carboxylic acids is 2. The van der Waals surface area contributed by atoms with Crippen LogP contribution in [0.4, 0.5) is 5.69 Å². The summed E-state index contributed by atoms with van der Waals surface area (Å²) in [6.45, 7) is 1.26. The average molecular weight is 249 g/mol. The molecule has 0 saturated carbocycles. The average Bonchev–Trinajstić information content (AvgIpc) is 2.66. The monoisotopic (exact) mass is 249 g/mol. The molecule has 0 radical (unpaired) electrons. The molecule has 0 unspecified atom stereocenters. The van der Waals surface area contributed by atoms with Crippen LogP contribution >= 0.6 is 0 Å². The van der Waals surface area contributed by atoms with Crippen LogP contribution in [0.1, 0.15) is 6.42 Å². The predicted molar refractivity (Wildman–Crippen MR) is 66.0 cm³/mol. The Balaban J connectivity index is 2.06. The van der Waals surface area contributed by atoms with Crippen molar-refractivity contribution in [3.63, 3.8) is 0 Å². The zero-order valence-corrected chi connectivity index (χ0v) is 10.3. The normalized spacial score (nSPS) is 19.6. The molecule has 0 bridgehead atoms. The van der Waals surface area contributed by atoms with Gasteiger partial charge >= 0.3 is 0 Å². The summed E-state index contributed by atoms with van der Waals surface area (Å²) in [6.07, 6.45) is 0.261. The lowest BCUT2D eigenvalue weighted by atomic mass is 10.2. The molecular formula is C13H17N2O3+. The lowest BCUT2D eigenvalue weighted by Crippen LogP contribution is -2.92. The van der Waals surface area contributed by atoms with Gasteiger partial charge in [-0.3, -0.25) is 9.59 Å². The lowest BCUT2D eigenvalue weighted by Gasteiger charge is -2.13. The number of hydrogen-bond acceptors (Lipinski definition) is 3. The second-order valence-corrected chi connectivity index (χ2v) is 4.23. The van der Waals surface area contributed by atoms with Gasteiger partial charge in [-0.2, -0.15) is 0 Å². The molecule has 0 aliphatic carbocycles. The van der Waals surface area contributed by atoms with Crippen LogP contribution in [0.5, 0.6) is 0 Å². The highest BCUT2D eigenvalue weighted by molar-refractivity contribution is 6.21. The molecule has 1 saturated heterocycles. The smallest absolute Gasteiger partial charge is 0.292 e. The van der Waals surface area contributed by atoms with Crippen LogP contribution in [0.25, 0.3) is 0 Å². The fourth-order valence-corrected chi connectivity index (χ4v) is 2.07. The van der Waals surface area contributed by atoms with Crippen molar-refractivity contribution in [1.82, 2.24) is 0 Å². The zero-order chi connectivity index (χ0) is 13.0. The Bertz CT molecular complexity index is 433. The van der Waals surface area contributed by atoms with E-state index in [1.807, 2.05) is 23.5 Å². The molecule has 5 heteroatoms. The Hall–Kier alpha value is -1.72. The van der Waals surface area contributed by atoms with Gasteiger partial charge in [-0.15, -0.1) is 0 Å². The number of carbonyl (C=O) groups is 2. The third kappa shape index (κ3) is 2.57. The van der Waals surface area contributed by atoms with E-state index in [0.717, 1.165) is 0 Å². The maximum absolute atomic E-state index is 12.1. The number of methoxy groups -OCH3 is 1. The molecule has 1 aromatic rings. The standard InChI is InChI=1S/C13H16N2O3/c1-18-8-7-14-11-9-12(16)15(13(11)17)10-5-3-2-4-6-10/h2-6,11,14H,7-9H2,1H3/p+1/t11-/m1/s1. The number of nitrogens with zero attached hydrogens (tertiary/aromatic N) is 1. The van der Waals surface area contributed by atoms with Gasteiger partial charge in [0.25, 0.3) is 5.91 Å². The summed E-state index contributed by atoms with van der Waals surface area (Å²) in [6, 6.07) is 8.72. The molecular weight excluding hydrogens is 232 g/mol. The largest absolute Gasteiger partial charge is 0.379 e. The summed E-state index contributed by atoms with van der Waals surface area (Å²) >= 11 is 0. The van der Waals surface area contributed by atoms with Crippen LogP contribution in [-0.2, 0) is 14.3 Å². The molecule has 1 aliphatic rings. The molecule has 1 aromatic carbocycles. The Morgan fingerprint density at radius 1 is 1.33 bits per heavy atom. The van der Waals surface area contributed by atoms with Gasteiger partial charge in [-0.25, -0.2) is 4.90 Å². The molecule has 1 atom stereocenters. The van der Waals surface area contributed by atoms with Crippen molar-refractivity contribution < 1.29 is 19.6 Å². The van der Waals surface area contributed by atoms with Gasteiger partial charge in [0.05, 0.1) is 25.3 Å². The molecule has 96 valence electrons. The van der Waals surface area contributed by atoms with Crippen molar-refractivity contribution in [1.29, 1.82) is 0 Å². The van der Waals surface area contributed by atoms with Gasteiger partial charge in [0.15, 0.2) is 6.04 Å². The first-order valence-corrected chi connectivity index (χ1v) is 5.98. The quantitative estimate of drug-likeness (QED) is 0.567. The molecule has 1 aliphatic heterocycles. The lowest BCUT2D eigenvalue weighted by molar-refractivity contribution is -0.675. The Kier molecular flexibility index (Phi) is 4.07. The van der Waals surface area contributed by atoms with Crippen molar-refractivity contribution in [3.8, 4) is 0 Å². The van der Waals surface area contributed by atoms with Crippen molar-refractivity contribution in [2.45, 2.75) is 12.5 Å². The maximum atomic E-state index is 12.1. The van der Waals surface area contributed by atoms with Crippen LogP contribution in [0.3, 0.4) is 0 Å². The van der Waals surface area contributed by atoms with Gasteiger partial charge in [0.1, 0.15) is 0 Å². The molecule has 2 N–H and O–H groups in total. The molecule has 18 heavy (non-hydrogen) atoms. The van der Waals surface area contributed by atoms with E-state index >= 15 is 0 Å². The SMILES string of the molecule is COCC[NH2+][C@@H]1CC(=O)N(c2ccccc2)C1=O. The highest BCUT2D eigenvalue weighted by Gasteiger charge is 2.41. The van der Waals surface area contributed by atoms with Crippen LogP contribution in [0.2, 0.25) is 0 Å². The third-order valence-electron chi connectivity index (χ3n) is 2.97. The number of anilines is 1. The van der Waals surface area contributed by atoms with E-state index in [2.05, 4.69) is 0 Å². The van der Waals surface area contributed by atoms with Gasteiger partial charge in [-0.05, 0) is 12.1 Å². The fraction of sp³-hybridized carbons (Fsp3) is 0.385. The molecule has 0 spiro atoms. The summed E-state index contributed by atoms with van der Waals surface area (Å²) in [5, 5.41) is 1.87. The minimum Gasteiger partial charge on any atom is -0.379 e. The molecule has 1 heterocycles. The Labute approximate surface area is 106 Å². The zero-order valence-electron chi connectivity index (χ0n) is 10.3. The van der Waals surface area contributed by atoms with Crippen LogP contribution in [0, 0.1) is 0 Å². The summed E-state index contributed by atoms with van der Waals surface area (Å²) < 4.78 is 4.93. The first-order chi connectivity index (χ1) is 8.74. The van der Waals surface area contributed by atoms with Crippen molar-refractivity contribution in [3.05, 3.63) is 30.3 Å². The Morgan fingerprint density at radius 2 is 2.06 bits per heavy atom. The van der Waals surface area contributed by atoms with E-state index in [-0.39, 0.29) is 24.3 Å². The van der Waals surface area contributed by atoms with Gasteiger partial charge in [0, 0.05) is 7.11 Å². The highest BCUT2D eigenvalue weighted by Crippen LogP contribution is 2.20. The summed E-state index contributed by atoms with van der Waals surface area (Å²) in [5.41, 5.74) is 0.648. The summed E-state index contributed by atoms with van der Waals surface area (Å²) in [4.78, 5) is 25.3. The number of nitrogens with two attached hydrogens (primary N) is 1. The van der Waals surface area contributed by atoms with Gasteiger partial charge in [0.2, 0.25) is 5.91 Å². The molecule has 5 nitrogen and oxygen atoms in total. The molecule has 2 amide bonds. The van der Waals surface area contributed by atoms with Crippen molar-refractivity contribution in [2.75, 3.05) is 25.2 Å². The van der Waals surface area contributed by atoms with Crippen molar-refractivity contribution >= 4 is 17.5 Å². The minimum atomic E-state index is -0.312. The van der Waals surface area contributed by atoms with Crippen LogP contribution in [0.15, 0.2) is 30.3 Å². The van der Waals surface area contributed by atoms with E-state index in [9.17, 15) is 9.59 Å². The maximum Gasteiger partial charge on any atom is 0.292 e. The second-order valence-electron chi connectivity index (χ2n) is 4.23. The van der Waals surface area contributed by atoms with Crippen molar-refractivity contribution in [2.24, 2.45) is 0 Å². The summed E-state index contributed by atoms with van der Waals surface area (Å²) in [5.74, 6) is -0.271. The number of para-hydroxylation sites is 1. The number of hydrogen-bond donors (Lipinski definition) is 1. The minimum absolute atomic E-state index is 0.134. The first-order valence-electron chi connectivity index (χ1n) is 5.98. The number of ether oxygens (including phenoxy) is 1. The first kappa shape index (κ1) is 12.7. The van der Waals surface area contributed by atoms with Gasteiger partial charge < -0.3 is 10.1 Å².